The molecule has 0 saturated heterocycles. The van der Waals surface area contributed by atoms with Gasteiger partial charge in [0.2, 0.25) is 0 Å². The van der Waals surface area contributed by atoms with E-state index in [-0.39, 0.29) is 5.69 Å². The topological polar surface area (TPSA) is 61.6 Å². The molecule has 1 heterocycles. The summed E-state index contributed by atoms with van der Waals surface area (Å²) in [6.45, 7) is 0. The van der Waals surface area contributed by atoms with E-state index in [2.05, 4.69) is 5.16 Å². The number of ether oxygens (including phenoxy) is 2. The van der Waals surface area contributed by atoms with Crippen LogP contribution in [-0.2, 0) is 0 Å². The van der Waals surface area contributed by atoms with E-state index in [1.807, 2.05) is 0 Å². The van der Waals surface area contributed by atoms with Gasteiger partial charge in [0.15, 0.2) is 11.5 Å². The summed E-state index contributed by atoms with van der Waals surface area (Å²) < 4.78 is 15.4. The van der Waals surface area contributed by atoms with Crippen LogP contribution in [0.25, 0.3) is 11.3 Å². The quantitative estimate of drug-likeness (QED) is 0.529. The van der Waals surface area contributed by atoms with Crippen molar-refractivity contribution in [3.8, 4) is 22.8 Å². The van der Waals surface area contributed by atoms with E-state index in [9.17, 15) is 4.79 Å². The van der Waals surface area contributed by atoms with E-state index in [1.165, 1.54) is 6.07 Å². The lowest BCUT2D eigenvalue weighted by Crippen LogP contribution is -2.08. The van der Waals surface area contributed by atoms with Gasteiger partial charge in [0.1, 0.15) is 11.5 Å². The number of benzene rings is 2. The van der Waals surface area contributed by atoms with E-state index < -0.39 is 5.97 Å². The first-order chi connectivity index (χ1) is 11.2. The highest BCUT2D eigenvalue weighted by molar-refractivity contribution is 6.30. The van der Waals surface area contributed by atoms with Gasteiger partial charge in [-0.25, -0.2) is 4.79 Å². The van der Waals surface area contributed by atoms with Crippen molar-refractivity contribution in [2.45, 2.75) is 0 Å². The molecular formula is C17H12ClNO4. The lowest BCUT2D eigenvalue weighted by molar-refractivity contribution is 0.0724. The lowest BCUT2D eigenvalue weighted by Gasteiger charge is -2.03. The first-order valence-corrected chi connectivity index (χ1v) is 7.12. The van der Waals surface area contributed by atoms with Gasteiger partial charge in [-0.1, -0.05) is 16.8 Å². The van der Waals surface area contributed by atoms with Crippen LogP contribution in [0.4, 0.5) is 0 Å². The minimum atomic E-state index is -0.598. The zero-order chi connectivity index (χ0) is 16.2. The van der Waals surface area contributed by atoms with Crippen LogP contribution < -0.4 is 9.47 Å². The average Bonchev–Trinajstić information content (AvgIpc) is 3.06. The highest BCUT2D eigenvalue weighted by Gasteiger charge is 2.16. The Labute approximate surface area is 137 Å². The molecule has 0 N–H and O–H groups in total. The summed E-state index contributed by atoms with van der Waals surface area (Å²) in [5.74, 6) is 0.936. The third-order valence-electron chi connectivity index (χ3n) is 3.12. The van der Waals surface area contributed by atoms with Gasteiger partial charge < -0.3 is 14.0 Å². The van der Waals surface area contributed by atoms with Crippen molar-refractivity contribution in [1.29, 1.82) is 0 Å². The SMILES string of the molecule is COc1ccc(OC(=O)c2cc(-c3ccc(Cl)cc3)on2)cc1. The summed E-state index contributed by atoms with van der Waals surface area (Å²) in [5, 5.41) is 4.36. The van der Waals surface area contributed by atoms with Crippen molar-refractivity contribution in [2.24, 2.45) is 0 Å². The Balaban J connectivity index is 1.74. The number of aromatic nitrogens is 1. The van der Waals surface area contributed by atoms with Crippen LogP contribution in [0.5, 0.6) is 11.5 Å². The highest BCUT2D eigenvalue weighted by Crippen LogP contribution is 2.23. The molecular weight excluding hydrogens is 318 g/mol. The molecule has 6 heteroatoms. The Hall–Kier alpha value is -2.79. The minimum absolute atomic E-state index is 0.0887. The van der Waals surface area contributed by atoms with Gasteiger partial charge in [-0.15, -0.1) is 0 Å². The Morgan fingerprint density at radius 1 is 1.04 bits per heavy atom. The molecule has 2 aromatic carbocycles. The third-order valence-corrected chi connectivity index (χ3v) is 3.37. The molecule has 0 aliphatic heterocycles. The van der Waals surface area contributed by atoms with E-state index in [4.69, 9.17) is 25.6 Å². The number of halogens is 1. The smallest absolute Gasteiger partial charge is 0.365 e. The molecule has 0 spiro atoms. The predicted octanol–water partition coefficient (Wildman–Crippen LogP) is 4.22. The Kier molecular flexibility index (Phi) is 4.30. The van der Waals surface area contributed by atoms with Crippen LogP contribution in [0.2, 0.25) is 5.02 Å². The molecule has 0 saturated carbocycles. The summed E-state index contributed by atoms with van der Waals surface area (Å²) in [7, 11) is 1.56. The zero-order valence-corrected chi connectivity index (χ0v) is 12.9. The number of hydrogen-bond donors (Lipinski definition) is 0. The summed E-state index contributed by atoms with van der Waals surface area (Å²) in [4.78, 5) is 12.1. The van der Waals surface area contributed by atoms with Crippen LogP contribution >= 0.6 is 11.6 Å². The maximum absolute atomic E-state index is 12.1. The van der Waals surface area contributed by atoms with E-state index in [1.54, 1.807) is 55.6 Å². The Morgan fingerprint density at radius 2 is 1.70 bits per heavy atom. The number of hydrogen-bond acceptors (Lipinski definition) is 5. The van der Waals surface area contributed by atoms with Crippen LogP contribution in [-0.4, -0.2) is 18.2 Å². The number of methoxy groups -OCH3 is 1. The monoisotopic (exact) mass is 329 g/mol. The lowest BCUT2D eigenvalue weighted by atomic mass is 10.1. The second-order valence-corrected chi connectivity index (χ2v) is 5.08. The standard InChI is InChI=1S/C17H12ClNO4/c1-21-13-6-8-14(9-7-13)22-17(20)15-10-16(23-19-15)11-2-4-12(18)5-3-11/h2-10H,1H3. The van der Waals surface area contributed by atoms with Crippen molar-refractivity contribution in [3.63, 3.8) is 0 Å². The third kappa shape index (κ3) is 3.52. The van der Waals surface area contributed by atoms with Crippen molar-refractivity contribution < 1.29 is 18.8 Å². The van der Waals surface area contributed by atoms with Gasteiger partial charge in [-0.3, -0.25) is 0 Å². The first-order valence-electron chi connectivity index (χ1n) is 6.74. The highest BCUT2D eigenvalue weighted by atomic mass is 35.5. The summed E-state index contributed by atoms with van der Waals surface area (Å²) in [5.41, 5.74) is 0.858. The summed E-state index contributed by atoms with van der Waals surface area (Å²) in [6, 6.07) is 15.2. The molecule has 23 heavy (non-hydrogen) atoms. The largest absolute Gasteiger partial charge is 0.497 e. The molecule has 3 aromatic rings. The molecule has 0 radical (unpaired) electrons. The number of carbonyl (C=O) groups is 1. The fourth-order valence-corrected chi connectivity index (χ4v) is 2.05. The number of carbonyl (C=O) groups excluding carboxylic acids is 1. The van der Waals surface area contributed by atoms with Crippen molar-refractivity contribution in [3.05, 3.63) is 65.3 Å². The molecule has 0 aliphatic carbocycles. The molecule has 0 fully saturated rings. The van der Waals surface area contributed by atoms with Crippen molar-refractivity contribution >= 4 is 17.6 Å². The van der Waals surface area contributed by atoms with Crippen LogP contribution in [0.15, 0.2) is 59.1 Å². The van der Waals surface area contributed by atoms with Crippen LogP contribution in [0, 0.1) is 0 Å². The Bertz CT molecular complexity index is 809. The van der Waals surface area contributed by atoms with Crippen molar-refractivity contribution in [2.75, 3.05) is 7.11 Å². The van der Waals surface area contributed by atoms with Gasteiger partial charge in [0, 0.05) is 16.7 Å². The molecule has 0 amide bonds. The molecule has 0 unspecified atom stereocenters. The second-order valence-electron chi connectivity index (χ2n) is 4.65. The molecule has 0 atom stereocenters. The van der Waals surface area contributed by atoms with Gasteiger partial charge >= 0.3 is 5.97 Å². The fraction of sp³-hybridized carbons (Fsp3) is 0.0588. The van der Waals surface area contributed by atoms with Gasteiger partial charge in [-0.05, 0) is 48.5 Å². The Morgan fingerprint density at radius 3 is 2.35 bits per heavy atom. The van der Waals surface area contributed by atoms with Crippen molar-refractivity contribution in [1.82, 2.24) is 5.16 Å². The molecule has 5 nitrogen and oxygen atoms in total. The van der Waals surface area contributed by atoms with E-state index >= 15 is 0 Å². The van der Waals surface area contributed by atoms with E-state index in [0.29, 0.717) is 22.3 Å². The maximum atomic E-state index is 12.1. The molecule has 0 aliphatic rings. The predicted molar refractivity (Wildman–Crippen MR) is 84.9 cm³/mol. The molecule has 0 bridgehead atoms. The molecule has 3 rings (SSSR count). The maximum Gasteiger partial charge on any atom is 0.365 e. The molecule has 1 aromatic heterocycles. The number of rotatable bonds is 4. The minimum Gasteiger partial charge on any atom is -0.497 e. The van der Waals surface area contributed by atoms with Crippen LogP contribution in [0.1, 0.15) is 10.5 Å². The first kappa shape index (κ1) is 15.1. The second kappa shape index (κ2) is 6.54. The van der Waals surface area contributed by atoms with Gasteiger partial charge in [-0.2, -0.15) is 0 Å². The van der Waals surface area contributed by atoms with Gasteiger partial charge in [0.05, 0.1) is 7.11 Å². The van der Waals surface area contributed by atoms with Gasteiger partial charge in [0.25, 0.3) is 0 Å². The number of nitrogens with zero attached hydrogens (tertiary/aromatic N) is 1. The normalized spacial score (nSPS) is 10.3. The summed E-state index contributed by atoms with van der Waals surface area (Å²) in [6.07, 6.45) is 0. The van der Waals surface area contributed by atoms with Crippen LogP contribution in [0.3, 0.4) is 0 Å². The molecule has 116 valence electrons. The average molecular weight is 330 g/mol. The summed E-state index contributed by atoms with van der Waals surface area (Å²) >= 11 is 5.84. The van der Waals surface area contributed by atoms with E-state index in [0.717, 1.165) is 5.56 Å². The fourth-order valence-electron chi connectivity index (χ4n) is 1.92. The number of esters is 1. The zero-order valence-electron chi connectivity index (χ0n) is 12.2.